The van der Waals surface area contributed by atoms with Gasteiger partial charge < -0.3 is 19.9 Å². The number of carbonyl (C=O) groups excluding carboxylic acids is 1. The molecule has 0 aliphatic rings. The molecule has 1 atom stereocenters. The Bertz CT molecular complexity index is 771. The largest absolute Gasteiger partial charge is 0.487 e. The molecule has 5 nitrogen and oxygen atoms in total. The maximum atomic E-state index is 12.5. The fraction of sp³-hybridized carbons (Fsp3) is 0.211. The van der Waals surface area contributed by atoms with Crippen molar-refractivity contribution in [1.29, 1.82) is 0 Å². The van der Waals surface area contributed by atoms with Crippen molar-refractivity contribution in [2.24, 2.45) is 5.73 Å². The van der Waals surface area contributed by atoms with Crippen LogP contribution < -0.4 is 15.2 Å². The van der Waals surface area contributed by atoms with Crippen LogP contribution in [0, 0.1) is 0 Å². The van der Waals surface area contributed by atoms with Gasteiger partial charge in [0.1, 0.15) is 30.0 Å². The quantitative estimate of drug-likeness (QED) is 0.692. The molecule has 27 heavy (non-hydrogen) atoms. The second kappa shape index (κ2) is 8.98. The SMILES string of the molecule is CC(C=CCOC(N)=O)Oc1ccc(Oc2ccc(C(F)(F)F)cc2)cc1. The van der Waals surface area contributed by atoms with Gasteiger partial charge in [-0.2, -0.15) is 13.2 Å². The first kappa shape index (κ1) is 20.2. The van der Waals surface area contributed by atoms with Gasteiger partial charge in [-0.15, -0.1) is 0 Å². The second-order valence-electron chi connectivity index (χ2n) is 5.48. The molecule has 8 heteroatoms. The molecule has 2 aromatic rings. The Hall–Kier alpha value is -3.16. The van der Waals surface area contributed by atoms with E-state index in [1.54, 1.807) is 43.3 Å². The van der Waals surface area contributed by atoms with Crippen molar-refractivity contribution in [3.63, 3.8) is 0 Å². The summed E-state index contributed by atoms with van der Waals surface area (Å²) in [7, 11) is 0. The van der Waals surface area contributed by atoms with Crippen molar-refractivity contribution in [2.45, 2.75) is 19.2 Å². The van der Waals surface area contributed by atoms with Gasteiger partial charge in [0.05, 0.1) is 5.56 Å². The van der Waals surface area contributed by atoms with Gasteiger partial charge in [-0.3, -0.25) is 0 Å². The molecule has 0 saturated carbocycles. The summed E-state index contributed by atoms with van der Waals surface area (Å²) >= 11 is 0. The average molecular weight is 381 g/mol. The van der Waals surface area contributed by atoms with E-state index in [9.17, 15) is 18.0 Å². The van der Waals surface area contributed by atoms with Crippen LogP contribution >= 0.6 is 0 Å². The maximum absolute atomic E-state index is 12.5. The zero-order valence-corrected chi connectivity index (χ0v) is 14.4. The van der Waals surface area contributed by atoms with E-state index >= 15 is 0 Å². The van der Waals surface area contributed by atoms with Gasteiger partial charge in [0.25, 0.3) is 0 Å². The summed E-state index contributed by atoms with van der Waals surface area (Å²) in [6.45, 7) is 1.86. The van der Waals surface area contributed by atoms with Crippen molar-refractivity contribution >= 4 is 6.09 Å². The number of rotatable bonds is 7. The number of alkyl halides is 3. The molecule has 1 amide bonds. The highest BCUT2D eigenvalue weighted by molar-refractivity contribution is 5.64. The highest BCUT2D eigenvalue weighted by Crippen LogP contribution is 2.31. The summed E-state index contributed by atoms with van der Waals surface area (Å²) in [6, 6.07) is 11.1. The number of halogens is 3. The van der Waals surface area contributed by atoms with Gasteiger partial charge in [0.2, 0.25) is 0 Å². The Balaban J connectivity index is 1.88. The molecule has 0 aliphatic carbocycles. The fourth-order valence-electron chi connectivity index (χ4n) is 2.07. The van der Waals surface area contributed by atoms with E-state index in [0.717, 1.165) is 12.1 Å². The van der Waals surface area contributed by atoms with Crippen LogP contribution in [0.1, 0.15) is 12.5 Å². The molecule has 0 aromatic heterocycles. The normalized spacial score (nSPS) is 12.6. The van der Waals surface area contributed by atoms with Gasteiger partial charge in [0, 0.05) is 0 Å². The summed E-state index contributed by atoms with van der Waals surface area (Å²) < 4.78 is 53.3. The van der Waals surface area contributed by atoms with Gasteiger partial charge in [-0.25, -0.2) is 4.79 Å². The van der Waals surface area contributed by atoms with Crippen LogP contribution in [0.25, 0.3) is 0 Å². The minimum absolute atomic E-state index is 0.0585. The molecule has 2 aromatic carbocycles. The summed E-state index contributed by atoms with van der Waals surface area (Å²) in [5, 5.41) is 0. The Morgan fingerprint density at radius 1 is 1.04 bits per heavy atom. The third kappa shape index (κ3) is 6.93. The van der Waals surface area contributed by atoms with Crippen LogP contribution in [0.4, 0.5) is 18.0 Å². The second-order valence-corrected chi connectivity index (χ2v) is 5.48. The first-order valence-corrected chi connectivity index (χ1v) is 7.95. The first-order valence-electron chi connectivity index (χ1n) is 7.95. The maximum Gasteiger partial charge on any atom is 0.416 e. The lowest BCUT2D eigenvalue weighted by atomic mass is 10.2. The van der Waals surface area contributed by atoms with E-state index in [2.05, 4.69) is 4.74 Å². The molecule has 0 fully saturated rings. The summed E-state index contributed by atoms with van der Waals surface area (Å²) in [5.41, 5.74) is 4.11. The zero-order chi connectivity index (χ0) is 19.9. The van der Waals surface area contributed by atoms with Gasteiger partial charge in [0.15, 0.2) is 0 Å². The molecular formula is C19H18F3NO4. The molecule has 0 bridgehead atoms. The van der Waals surface area contributed by atoms with Crippen molar-refractivity contribution in [3.8, 4) is 17.2 Å². The zero-order valence-electron chi connectivity index (χ0n) is 14.4. The van der Waals surface area contributed by atoms with E-state index in [-0.39, 0.29) is 12.7 Å². The number of hydrogen-bond donors (Lipinski definition) is 1. The van der Waals surface area contributed by atoms with Crippen molar-refractivity contribution in [1.82, 2.24) is 0 Å². The van der Waals surface area contributed by atoms with E-state index < -0.39 is 17.8 Å². The minimum atomic E-state index is -4.38. The number of amides is 1. The monoisotopic (exact) mass is 381 g/mol. The molecule has 0 radical (unpaired) electrons. The predicted octanol–water partition coefficient (Wildman–Crippen LogP) is 4.92. The third-order valence-corrected chi connectivity index (χ3v) is 3.29. The Labute approximate surface area is 154 Å². The van der Waals surface area contributed by atoms with Gasteiger partial charge >= 0.3 is 12.3 Å². The Kier molecular flexibility index (Phi) is 6.70. The Morgan fingerprint density at radius 2 is 1.56 bits per heavy atom. The molecule has 2 N–H and O–H groups in total. The average Bonchev–Trinajstić information content (AvgIpc) is 2.60. The number of primary amides is 1. The molecule has 0 aliphatic heterocycles. The van der Waals surface area contributed by atoms with Crippen LogP contribution in [0.15, 0.2) is 60.7 Å². The van der Waals surface area contributed by atoms with Crippen molar-refractivity contribution in [2.75, 3.05) is 6.61 Å². The van der Waals surface area contributed by atoms with Gasteiger partial charge in [-0.05, 0) is 67.6 Å². The Morgan fingerprint density at radius 3 is 2.07 bits per heavy atom. The smallest absolute Gasteiger partial charge is 0.416 e. The first-order chi connectivity index (χ1) is 12.7. The summed E-state index contributed by atoms with van der Waals surface area (Å²) in [6.07, 6.45) is -2.19. The number of carbonyl (C=O) groups is 1. The van der Waals surface area contributed by atoms with E-state index in [0.29, 0.717) is 17.2 Å². The minimum Gasteiger partial charge on any atom is -0.487 e. The molecule has 144 valence electrons. The van der Waals surface area contributed by atoms with Crippen LogP contribution in [-0.4, -0.2) is 18.8 Å². The molecule has 1 unspecified atom stereocenters. The molecule has 0 saturated heterocycles. The lowest BCUT2D eigenvalue weighted by Crippen LogP contribution is -2.13. The van der Waals surface area contributed by atoms with Crippen molar-refractivity contribution in [3.05, 3.63) is 66.2 Å². The summed E-state index contributed by atoms with van der Waals surface area (Å²) in [4.78, 5) is 10.4. The van der Waals surface area contributed by atoms with Crippen LogP contribution in [0.3, 0.4) is 0 Å². The topological polar surface area (TPSA) is 70.8 Å². The van der Waals surface area contributed by atoms with E-state index in [4.69, 9.17) is 15.2 Å². The third-order valence-electron chi connectivity index (χ3n) is 3.29. The highest BCUT2D eigenvalue weighted by atomic mass is 19.4. The van der Waals surface area contributed by atoms with Crippen LogP contribution in [0.2, 0.25) is 0 Å². The molecule has 0 spiro atoms. The van der Waals surface area contributed by atoms with E-state index in [1.807, 2.05) is 0 Å². The van der Waals surface area contributed by atoms with Crippen molar-refractivity contribution < 1.29 is 32.2 Å². The number of ether oxygens (including phenoxy) is 3. The number of hydrogen-bond acceptors (Lipinski definition) is 4. The molecule has 2 rings (SSSR count). The lowest BCUT2D eigenvalue weighted by Gasteiger charge is -2.12. The van der Waals surface area contributed by atoms with Crippen LogP contribution in [-0.2, 0) is 10.9 Å². The van der Waals surface area contributed by atoms with E-state index in [1.165, 1.54) is 12.1 Å². The lowest BCUT2D eigenvalue weighted by molar-refractivity contribution is -0.137. The number of benzene rings is 2. The van der Waals surface area contributed by atoms with Gasteiger partial charge in [-0.1, -0.05) is 0 Å². The highest BCUT2D eigenvalue weighted by Gasteiger charge is 2.30. The summed E-state index contributed by atoms with van der Waals surface area (Å²) in [5.74, 6) is 1.32. The predicted molar refractivity (Wildman–Crippen MR) is 92.7 cm³/mol. The fourth-order valence-corrected chi connectivity index (χ4v) is 2.07. The standard InChI is InChI=1S/C19H18F3NO4/c1-13(3-2-12-25-18(23)24)26-15-8-10-17(11-9-15)27-16-6-4-14(5-7-16)19(20,21)22/h2-11,13H,12H2,1H3,(H2,23,24). The number of nitrogens with two attached hydrogens (primary N) is 1. The molecular weight excluding hydrogens is 363 g/mol. The van der Waals surface area contributed by atoms with Crippen LogP contribution in [0.5, 0.6) is 17.2 Å². The molecule has 0 heterocycles.